The summed E-state index contributed by atoms with van der Waals surface area (Å²) < 4.78 is 26.8. The van der Waals surface area contributed by atoms with E-state index in [-0.39, 0.29) is 22.2 Å². The van der Waals surface area contributed by atoms with Crippen LogP contribution < -0.4 is 0 Å². The maximum Gasteiger partial charge on any atom is 0.305 e. The maximum absolute atomic E-state index is 10.9. The monoisotopic (exact) mass is 301 g/mol. The van der Waals surface area contributed by atoms with Gasteiger partial charge in [0.15, 0.2) is 0 Å². The van der Waals surface area contributed by atoms with Gasteiger partial charge in [0.1, 0.15) is 17.4 Å². The summed E-state index contributed by atoms with van der Waals surface area (Å²) in [5.74, 6) is -0.0455. The summed E-state index contributed by atoms with van der Waals surface area (Å²) in [6.07, 6.45) is 2.51. The molecule has 16 heavy (non-hydrogen) atoms. The van der Waals surface area contributed by atoms with Crippen LogP contribution in [0.5, 0.6) is 0 Å². The lowest BCUT2D eigenvalue weighted by atomic mass is 9.99. The molecule has 0 amide bonds. The molecule has 1 aliphatic carbocycles. The first-order valence-electron chi connectivity index (χ1n) is 4.05. The molecule has 0 atom stereocenters. The van der Waals surface area contributed by atoms with Crippen LogP contribution in [0, 0.1) is 29.1 Å². The lowest BCUT2D eigenvalue weighted by molar-refractivity contribution is 0.413. The second-order valence-corrected chi connectivity index (χ2v) is 5.32. The quantitative estimate of drug-likeness (QED) is 0.721. The first-order valence-corrected chi connectivity index (χ1v) is 6.66. The second kappa shape index (κ2) is 4.69. The SMILES string of the molecule is CS(=O)(=O)OC1=C(C#N)C(Br)=C(C#N)C[CH]1. The summed E-state index contributed by atoms with van der Waals surface area (Å²) in [5, 5.41) is 17.6. The van der Waals surface area contributed by atoms with Gasteiger partial charge in [-0.15, -0.1) is 0 Å². The lowest BCUT2D eigenvalue weighted by Gasteiger charge is -2.15. The highest BCUT2D eigenvalue weighted by atomic mass is 79.9. The van der Waals surface area contributed by atoms with Crippen LogP contribution in [0.4, 0.5) is 0 Å². The molecule has 83 valence electrons. The van der Waals surface area contributed by atoms with E-state index in [2.05, 4.69) is 20.1 Å². The van der Waals surface area contributed by atoms with Gasteiger partial charge in [0, 0.05) is 12.0 Å². The highest BCUT2D eigenvalue weighted by Gasteiger charge is 2.24. The van der Waals surface area contributed by atoms with Crippen molar-refractivity contribution in [2.75, 3.05) is 6.26 Å². The van der Waals surface area contributed by atoms with Crippen molar-refractivity contribution in [2.24, 2.45) is 0 Å². The van der Waals surface area contributed by atoms with E-state index in [1.54, 1.807) is 6.07 Å². The van der Waals surface area contributed by atoms with Crippen LogP contribution in [0.2, 0.25) is 0 Å². The van der Waals surface area contributed by atoms with Crippen LogP contribution in [0.3, 0.4) is 0 Å². The van der Waals surface area contributed by atoms with Gasteiger partial charge in [-0.2, -0.15) is 18.9 Å². The highest BCUT2D eigenvalue weighted by molar-refractivity contribution is 9.12. The first kappa shape index (κ1) is 12.8. The molecule has 1 rings (SSSR count). The van der Waals surface area contributed by atoms with Crippen molar-refractivity contribution in [1.29, 1.82) is 10.5 Å². The number of allylic oxidation sites excluding steroid dienone is 4. The molecular weight excluding hydrogens is 296 g/mol. The van der Waals surface area contributed by atoms with E-state index in [0.29, 0.717) is 5.57 Å². The predicted octanol–water partition coefficient (Wildman–Crippen LogP) is 1.52. The average Bonchev–Trinajstić information content (AvgIpc) is 2.16. The van der Waals surface area contributed by atoms with Gasteiger partial charge in [-0.05, 0) is 22.4 Å². The average molecular weight is 302 g/mol. The van der Waals surface area contributed by atoms with Crippen LogP contribution in [0.1, 0.15) is 6.42 Å². The Kier molecular flexibility index (Phi) is 3.74. The number of rotatable bonds is 2. The van der Waals surface area contributed by atoms with Crippen LogP contribution in [0.25, 0.3) is 0 Å². The zero-order valence-electron chi connectivity index (χ0n) is 8.19. The summed E-state index contributed by atoms with van der Waals surface area (Å²) >= 11 is 3.07. The van der Waals surface area contributed by atoms with Gasteiger partial charge in [-0.25, -0.2) is 0 Å². The van der Waals surface area contributed by atoms with E-state index < -0.39 is 10.1 Å². The summed E-state index contributed by atoms with van der Waals surface area (Å²) in [5.41, 5.74) is 0.366. The number of hydrogen-bond acceptors (Lipinski definition) is 5. The van der Waals surface area contributed by atoms with Gasteiger partial charge in [0.2, 0.25) is 0 Å². The summed E-state index contributed by atoms with van der Waals surface area (Å²) in [4.78, 5) is 0. The fraction of sp³-hybridized carbons (Fsp3) is 0.222. The Balaban J connectivity index is 3.25. The topological polar surface area (TPSA) is 90.9 Å². The molecule has 0 aromatic heterocycles. The number of nitriles is 2. The fourth-order valence-corrected chi connectivity index (χ4v) is 2.10. The van der Waals surface area contributed by atoms with Crippen molar-refractivity contribution in [3.63, 3.8) is 0 Å². The molecule has 0 aromatic rings. The molecule has 5 nitrogen and oxygen atoms in total. The molecule has 1 radical (unpaired) electrons. The maximum atomic E-state index is 10.9. The van der Waals surface area contributed by atoms with Gasteiger partial charge < -0.3 is 4.18 Å². The molecule has 0 aromatic carbocycles. The van der Waals surface area contributed by atoms with E-state index in [4.69, 9.17) is 10.5 Å². The lowest BCUT2D eigenvalue weighted by Crippen LogP contribution is -2.09. The Bertz CT molecular complexity index is 561. The third-order valence-corrected chi connectivity index (χ3v) is 3.07. The van der Waals surface area contributed by atoms with Gasteiger partial charge in [0.25, 0.3) is 0 Å². The number of halogens is 1. The standard InChI is InChI=1S/C9H6BrN2O3S/c1-16(13,14)15-8-3-2-6(4-11)9(10)7(8)5-12/h3H,2H2,1H3. The normalized spacial score (nSPS) is 16.8. The molecule has 0 spiro atoms. The van der Waals surface area contributed by atoms with E-state index in [1.807, 2.05) is 6.07 Å². The summed E-state index contributed by atoms with van der Waals surface area (Å²) in [7, 11) is -3.68. The third kappa shape index (κ3) is 2.84. The zero-order chi connectivity index (χ0) is 12.3. The van der Waals surface area contributed by atoms with Crippen LogP contribution in [0.15, 0.2) is 21.4 Å². The van der Waals surface area contributed by atoms with E-state index >= 15 is 0 Å². The van der Waals surface area contributed by atoms with Gasteiger partial charge >= 0.3 is 10.1 Å². The minimum atomic E-state index is -3.68. The van der Waals surface area contributed by atoms with Crippen molar-refractivity contribution >= 4 is 26.0 Å². The molecule has 0 aliphatic heterocycles. The molecule has 0 bridgehead atoms. The van der Waals surface area contributed by atoms with Crippen LogP contribution in [-0.4, -0.2) is 14.7 Å². The second-order valence-electron chi connectivity index (χ2n) is 2.95. The van der Waals surface area contributed by atoms with E-state index in [9.17, 15) is 8.42 Å². The van der Waals surface area contributed by atoms with E-state index in [0.717, 1.165) is 6.26 Å². The minimum Gasteiger partial charge on any atom is -0.385 e. The summed E-state index contributed by atoms with van der Waals surface area (Å²) in [6, 6.07) is 3.71. The molecule has 0 saturated carbocycles. The van der Waals surface area contributed by atoms with Crippen molar-refractivity contribution in [3.05, 3.63) is 27.8 Å². The Morgan fingerprint density at radius 1 is 1.44 bits per heavy atom. The Labute approximate surface area is 102 Å². The number of nitrogens with zero attached hydrogens (tertiary/aromatic N) is 2. The van der Waals surface area contributed by atoms with Gasteiger partial charge in [-0.1, -0.05) is 0 Å². The molecule has 1 aliphatic rings. The molecule has 0 heterocycles. The zero-order valence-corrected chi connectivity index (χ0v) is 10.6. The van der Waals surface area contributed by atoms with Crippen molar-refractivity contribution in [2.45, 2.75) is 6.42 Å². The fourth-order valence-electron chi connectivity index (χ4n) is 1.08. The molecule has 0 saturated heterocycles. The largest absolute Gasteiger partial charge is 0.385 e. The van der Waals surface area contributed by atoms with Crippen molar-refractivity contribution in [1.82, 2.24) is 0 Å². The Morgan fingerprint density at radius 3 is 2.50 bits per heavy atom. The molecule has 7 heteroatoms. The molecular formula is C9H6BrN2O3S. The highest BCUT2D eigenvalue weighted by Crippen LogP contribution is 2.33. The van der Waals surface area contributed by atoms with Crippen LogP contribution >= 0.6 is 15.9 Å². The van der Waals surface area contributed by atoms with Crippen LogP contribution in [-0.2, 0) is 14.3 Å². The smallest absolute Gasteiger partial charge is 0.305 e. The predicted molar refractivity (Wildman–Crippen MR) is 59.1 cm³/mol. The number of hydrogen-bond donors (Lipinski definition) is 0. The van der Waals surface area contributed by atoms with Crippen molar-refractivity contribution in [3.8, 4) is 12.1 Å². The molecule has 0 fully saturated rings. The molecule has 0 N–H and O–H groups in total. The van der Waals surface area contributed by atoms with E-state index in [1.165, 1.54) is 6.42 Å². The molecule has 0 unspecified atom stereocenters. The first-order chi connectivity index (χ1) is 7.39. The Morgan fingerprint density at radius 2 is 2.06 bits per heavy atom. The van der Waals surface area contributed by atoms with Gasteiger partial charge in [0.05, 0.1) is 16.8 Å². The van der Waals surface area contributed by atoms with Crippen molar-refractivity contribution < 1.29 is 12.6 Å². The Hall–Kier alpha value is -1.31. The van der Waals surface area contributed by atoms with Gasteiger partial charge in [-0.3, -0.25) is 0 Å². The third-order valence-electron chi connectivity index (χ3n) is 1.71. The summed E-state index contributed by atoms with van der Waals surface area (Å²) in [6.45, 7) is 0. The minimum absolute atomic E-state index is 0.00762.